The third kappa shape index (κ3) is 27.7. The number of rotatable bonds is 32. The maximum Gasteiger partial charge on any atom is 0.220 e. The van der Waals surface area contributed by atoms with Gasteiger partial charge in [-0.25, -0.2) is 0 Å². The van der Waals surface area contributed by atoms with Crippen molar-refractivity contribution in [2.75, 3.05) is 6.61 Å². The van der Waals surface area contributed by atoms with E-state index in [0.29, 0.717) is 12.8 Å². The van der Waals surface area contributed by atoms with Crippen molar-refractivity contribution in [2.24, 2.45) is 0 Å². The number of aliphatic hydroxyl groups is 3. The number of nitrogens with one attached hydrogen (secondary N) is 1. The summed E-state index contributed by atoms with van der Waals surface area (Å²) in [6.07, 6.45) is 37.0. The number of hydrogen-bond acceptors (Lipinski definition) is 4. The minimum atomic E-state index is -1.16. The molecule has 42 heavy (non-hydrogen) atoms. The van der Waals surface area contributed by atoms with Crippen LogP contribution >= 0.6 is 0 Å². The topological polar surface area (TPSA) is 89.8 Å². The van der Waals surface area contributed by atoms with Crippen LogP contribution in [0.25, 0.3) is 0 Å². The summed E-state index contributed by atoms with van der Waals surface area (Å²) in [5.41, 5.74) is 0. The lowest BCUT2D eigenvalue weighted by molar-refractivity contribution is -0.124. The molecule has 0 aliphatic rings. The van der Waals surface area contributed by atoms with Crippen LogP contribution < -0.4 is 5.32 Å². The number of unbranched alkanes of at least 4 members (excludes halogenated alkanes) is 20. The van der Waals surface area contributed by atoms with E-state index in [2.05, 4.69) is 43.5 Å². The zero-order chi connectivity index (χ0) is 30.9. The highest BCUT2D eigenvalue weighted by Crippen LogP contribution is 2.13. The van der Waals surface area contributed by atoms with Gasteiger partial charge in [-0.15, -0.1) is 0 Å². The summed E-state index contributed by atoms with van der Waals surface area (Å²) < 4.78 is 0. The Hall–Kier alpha value is -1.17. The fourth-order valence-corrected chi connectivity index (χ4v) is 5.39. The zero-order valence-electron chi connectivity index (χ0n) is 27.9. The van der Waals surface area contributed by atoms with Gasteiger partial charge in [0.25, 0.3) is 0 Å². The van der Waals surface area contributed by atoms with Gasteiger partial charge in [-0.1, -0.05) is 134 Å². The Kier molecular flexibility index (Phi) is 31.8. The molecule has 0 aliphatic heterocycles. The highest BCUT2D eigenvalue weighted by Gasteiger charge is 2.26. The SMILES string of the molecule is CCCCCCCC/C=C\CCCCCC(=O)NC(CO)C(O)C(O)CCC/C=C/CCCCCCCCCCCC. The van der Waals surface area contributed by atoms with Gasteiger partial charge in [-0.05, 0) is 64.2 Å². The van der Waals surface area contributed by atoms with E-state index in [0.717, 1.165) is 44.9 Å². The average Bonchev–Trinajstić information content (AvgIpc) is 2.99. The number of carbonyl (C=O) groups excluding carboxylic acids is 1. The highest BCUT2D eigenvalue weighted by molar-refractivity contribution is 5.76. The van der Waals surface area contributed by atoms with Gasteiger partial charge >= 0.3 is 0 Å². The molecule has 0 aromatic heterocycles. The molecule has 0 heterocycles. The van der Waals surface area contributed by atoms with Crippen molar-refractivity contribution in [3.63, 3.8) is 0 Å². The Morgan fingerprint density at radius 3 is 1.38 bits per heavy atom. The average molecular weight is 594 g/mol. The van der Waals surface area contributed by atoms with Crippen molar-refractivity contribution in [2.45, 2.75) is 199 Å². The molecule has 0 aromatic carbocycles. The first-order chi connectivity index (χ1) is 20.6. The summed E-state index contributed by atoms with van der Waals surface area (Å²) in [6.45, 7) is 4.13. The van der Waals surface area contributed by atoms with Crippen molar-refractivity contribution < 1.29 is 20.1 Å². The lowest BCUT2D eigenvalue weighted by Crippen LogP contribution is -2.50. The van der Waals surface area contributed by atoms with E-state index in [1.165, 1.54) is 109 Å². The zero-order valence-corrected chi connectivity index (χ0v) is 27.9. The second-order valence-corrected chi connectivity index (χ2v) is 12.4. The standard InChI is InChI=1S/C37H71NO4/c1-3-5-7-9-11-13-15-17-18-20-21-23-25-27-29-31-35(40)37(42)34(33-39)38-36(41)32-30-28-26-24-22-19-16-14-12-10-8-6-4-2/h19,22-23,25,34-35,37,39-40,42H,3-18,20-21,24,26-33H2,1-2H3,(H,38,41)/b22-19-,25-23+. The predicted octanol–water partition coefficient (Wildman–Crippen LogP) is 9.48. The van der Waals surface area contributed by atoms with Crippen molar-refractivity contribution in [3.8, 4) is 0 Å². The smallest absolute Gasteiger partial charge is 0.220 e. The molecule has 5 nitrogen and oxygen atoms in total. The maximum absolute atomic E-state index is 12.3. The normalized spacial score (nSPS) is 14.1. The molecule has 0 aromatic rings. The summed E-state index contributed by atoms with van der Waals surface area (Å²) in [5.74, 6) is -0.172. The van der Waals surface area contributed by atoms with Crippen molar-refractivity contribution >= 4 is 5.91 Å². The lowest BCUT2D eigenvalue weighted by Gasteiger charge is -2.26. The minimum absolute atomic E-state index is 0.172. The van der Waals surface area contributed by atoms with Gasteiger partial charge in [-0.3, -0.25) is 4.79 Å². The Balaban J connectivity index is 3.77. The highest BCUT2D eigenvalue weighted by atomic mass is 16.3. The molecule has 3 unspecified atom stereocenters. The number of amides is 1. The van der Waals surface area contributed by atoms with Gasteiger partial charge in [0.05, 0.1) is 18.8 Å². The molecule has 0 bridgehead atoms. The third-order valence-electron chi connectivity index (χ3n) is 8.28. The first kappa shape index (κ1) is 40.8. The monoisotopic (exact) mass is 594 g/mol. The van der Waals surface area contributed by atoms with Crippen LogP contribution in [0.4, 0.5) is 0 Å². The third-order valence-corrected chi connectivity index (χ3v) is 8.28. The molecular formula is C37H71NO4. The molecule has 0 rings (SSSR count). The van der Waals surface area contributed by atoms with Gasteiger partial charge < -0.3 is 20.6 Å². The minimum Gasteiger partial charge on any atom is -0.394 e. The van der Waals surface area contributed by atoms with E-state index in [4.69, 9.17) is 0 Å². The maximum atomic E-state index is 12.3. The second kappa shape index (κ2) is 32.7. The Morgan fingerprint density at radius 1 is 0.571 bits per heavy atom. The largest absolute Gasteiger partial charge is 0.394 e. The van der Waals surface area contributed by atoms with Gasteiger partial charge in [0.15, 0.2) is 0 Å². The Morgan fingerprint density at radius 2 is 0.952 bits per heavy atom. The molecular weight excluding hydrogens is 522 g/mol. The number of hydrogen-bond donors (Lipinski definition) is 4. The van der Waals surface area contributed by atoms with Crippen molar-refractivity contribution in [1.29, 1.82) is 0 Å². The number of carbonyl (C=O) groups is 1. The molecule has 4 N–H and O–H groups in total. The molecule has 0 saturated heterocycles. The summed E-state index contributed by atoms with van der Waals surface area (Å²) >= 11 is 0. The van der Waals surface area contributed by atoms with E-state index in [1.54, 1.807) is 0 Å². The summed E-state index contributed by atoms with van der Waals surface area (Å²) in [6, 6.07) is -0.829. The number of aliphatic hydroxyl groups excluding tert-OH is 3. The van der Waals surface area contributed by atoms with Gasteiger partial charge in [0.2, 0.25) is 5.91 Å². The van der Waals surface area contributed by atoms with Crippen LogP contribution in [0, 0.1) is 0 Å². The molecule has 248 valence electrons. The quantitative estimate of drug-likeness (QED) is 0.0462. The van der Waals surface area contributed by atoms with Crippen LogP contribution in [0.3, 0.4) is 0 Å². The molecule has 0 aliphatic carbocycles. The predicted molar refractivity (Wildman–Crippen MR) is 181 cm³/mol. The summed E-state index contributed by atoms with van der Waals surface area (Å²) in [5, 5.41) is 33.3. The van der Waals surface area contributed by atoms with E-state index < -0.39 is 18.2 Å². The van der Waals surface area contributed by atoms with Crippen LogP contribution in [0.5, 0.6) is 0 Å². The van der Waals surface area contributed by atoms with Crippen LogP contribution in [-0.2, 0) is 4.79 Å². The molecule has 0 spiro atoms. The summed E-state index contributed by atoms with van der Waals surface area (Å²) in [7, 11) is 0. The molecule has 1 amide bonds. The van der Waals surface area contributed by atoms with Gasteiger partial charge in [0.1, 0.15) is 6.10 Å². The summed E-state index contributed by atoms with van der Waals surface area (Å²) in [4.78, 5) is 12.3. The van der Waals surface area contributed by atoms with E-state index in [9.17, 15) is 20.1 Å². The molecule has 0 radical (unpaired) electrons. The molecule has 0 saturated carbocycles. The van der Waals surface area contributed by atoms with Crippen LogP contribution in [-0.4, -0.2) is 46.1 Å². The first-order valence-corrected chi connectivity index (χ1v) is 18.1. The van der Waals surface area contributed by atoms with Gasteiger partial charge in [-0.2, -0.15) is 0 Å². The van der Waals surface area contributed by atoms with Crippen LogP contribution in [0.15, 0.2) is 24.3 Å². The van der Waals surface area contributed by atoms with E-state index in [1.807, 2.05) is 0 Å². The van der Waals surface area contributed by atoms with E-state index in [-0.39, 0.29) is 12.5 Å². The first-order valence-electron chi connectivity index (χ1n) is 18.1. The van der Waals surface area contributed by atoms with E-state index >= 15 is 0 Å². The lowest BCUT2D eigenvalue weighted by atomic mass is 10.0. The second-order valence-electron chi connectivity index (χ2n) is 12.4. The molecule has 3 atom stereocenters. The molecule has 5 heteroatoms. The Labute approximate surface area is 261 Å². The van der Waals surface area contributed by atoms with Crippen LogP contribution in [0.2, 0.25) is 0 Å². The van der Waals surface area contributed by atoms with Crippen molar-refractivity contribution in [3.05, 3.63) is 24.3 Å². The number of allylic oxidation sites excluding steroid dienone is 4. The fraction of sp³-hybridized carbons (Fsp3) is 0.865. The van der Waals surface area contributed by atoms with Crippen LogP contribution in [0.1, 0.15) is 181 Å². The van der Waals surface area contributed by atoms with Gasteiger partial charge in [0, 0.05) is 6.42 Å². The fourth-order valence-electron chi connectivity index (χ4n) is 5.39. The van der Waals surface area contributed by atoms with Crippen molar-refractivity contribution in [1.82, 2.24) is 5.32 Å². The Bertz CT molecular complexity index is 621. The molecule has 0 fully saturated rings.